The van der Waals surface area contributed by atoms with Gasteiger partial charge in [0.1, 0.15) is 0 Å². The molecule has 0 bridgehead atoms. The Balaban J connectivity index is 1.76. The Kier molecular flexibility index (Phi) is 8.59. The topological polar surface area (TPSA) is 72.5 Å². The Morgan fingerprint density at radius 2 is 1.66 bits per heavy atom. The van der Waals surface area contributed by atoms with Crippen LogP contribution in [0.1, 0.15) is 67.4 Å². The van der Waals surface area contributed by atoms with Gasteiger partial charge in [-0.3, -0.25) is 14.4 Å². The van der Waals surface area contributed by atoms with E-state index in [0.717, 1.165) is 18.4 Å². The number of esters is 1. The zero-order chi connectivity index (χ0) is 21.2. The number of carbonyl (C=O) groups excluding carboxylic acids is 3. The summed E-state index contributed by atoms with van der Waals surface area (Å²) in [6.07, 6.45) is 2.04. The van der Waals surface area contributed by atoms with E-state index in [4.69, 9.17) is 4.74 Å². The van der Waals surface area contributed by atoms with Gasteiger partial charge in [-0.2, -0.15) is 0 Å². The maximum Gasteiger partial charge on any atom is 0.306 e. The van der Waals surface area contributed by atoms with E-state index in [1.54, 1.807) is 12.1 Å². The third kappa shape index (κ3) is 7.18. The molecule has 154 valence electrons. The van der Waals surface area contributed by atoms with Crippen molar-refractivity contribution in [2.45, 2.75) is 52.4 Å². The molecule has 1 N–H and O–H groups in total. The van der Waals surface area contributed by atoms with Crippen molar-refractivity contribution in [3.05, 3.63) is 65.2 Å². The molecule has 0 saturated heterocycles. The van der Waals surface area contributed by atoms with Crippen LogP contribution in [0, 0.1) is 0 Å². The predicted molar refractivity (Wildman–Crippen MR) is 114 cm³/mol. The largest absolute Gasteiger partial charge is 0.456 e. The molecule has 2 rings (SSSR count). The number of Topliss-reactive ketones (excluding diaryl/α,β-unsaturated/α-hetero) is 1. The number of rotatable bonds is 10. The van der Waals surface area contributed by atoms with Gasteiger partial charge in [-0.1, -0.05) is 69.7 Å². The molecule has 0 heterocycles. The van der Waals surface area contributed by atoms with Gasteiger partial charge in [0, 0.05) is 17.7 Å². The molecule has 0 unspecified atom stereocenters. The molecule has 2 aromatic rings. The lowest BCUT2D eigenvalue weighted by atomic mass is 10.0. The number of benzene rings is 2. The van der Waals surface area contributed by atoms with Crippen LogP contribution in [0.15, 0.2) is 48.5 Å². The van der Waals surface area contributed by atoms with E-state index in [2.05, 4.69) is 12.2 Å². The van der Waals surface area contributed by atoms with Crippen molar-refractivity contribution in [1.82, 2.24) is 0 Å². The quantitative estimate of drug-likeness (QED) is 0.458. The second-order valence-corrected chi connectivity index (χ2v) is 7.32. The summed E-state index contributed by atoms with van der Waals surface area (Å²) >= 11 is 0. The third-order valence-electron chi connectivity index (χ3n) is 4.59. The fourth-order valence-corrected chi connectivity index (χ4v) is 3.02. The SMILES string of the molecule is CCCc1ccc(C(=O)CCC(=O)OCC(=O)Nc2ccccc2C(C)C)cc1. The molecule has 0 radical (unpaired) electrons. The molecule has 0 spiro atoms. The molecule has 0 saturated carbocycles. The third-order valence-corrected chi connectivity index (χ3v) is 4.59. The lowest BCUT2D eigenvalue weighted by molar-refractivity contribution is -0.147. The fourth-order valence-electron chi connectivity index (χ4n) is 3.02. The first-order valence-electron chi connectivity index (χ1n) is 10.1. The number of carbonyl (C=O) groups is 3. The van der Waals surface area contributed by atoms with Gasteiger partial charge in [-0.05, 0) is 29.5 Å². The minimum atomic E-state index is -0.562. The molecule has 5 heteroatoms. The highest BCUT2D eigenvalue weighted by Crippen LogP contribution is 2.23. The molecule has 29 heavy (non-hydrogen) atoms. The molecule has 5 nitrogen and oxygen atoms in total. The Morgan fingerprint density at radius 3 is 2.31 bits per heavy atom. The molecular weight excluding hydrogens is 366 g/mol. The second-order valence-electron chi connectivity index (χ2n) is 7.32. The Morgan fingerprint density at radius 1 is 0.966 bits per heavy atom. The summed E-state index contributed by atoms with van der Waals surface area (Å²) in [6.45, 7) is 5.82. The molecule has 1 amide bonds. The maximum atomic E-state index is 12.2. The van der Waals surface area contributed by atoms with Gasteiger partial charge < -0.3 is 10.1 Å². The lowest BCUT2D eigenvalue weighted by Crippen LogP contribution is -2.22. The van der Waals surface area contributed by atoms with Crippen molar-refractivity contribution in [2.24, 2.45) is 0 Å². The zero-order valence-corrected chi connectivity index (χ0v) is 17.4. The highest BCUT2D eigenvalue weighted by Gasteiger charge is 2.13. The number of hydrogen-bond acceptors (Lipinski definition) is 4. The summed E-state index contributed by atoms with van der Waals surface area (Å²) in [5.74, 6) is -0.811. The standard InChI is InChI=1S/C24H29NO4/c1-4-7-18-10-12-19(13-11-18)22(26)14-15-24(28)29-16-23(27)25-21-9-6-5-8-20(21)17(2)3/h5-6,8-13,17H,4,7,14-16H2,1-3H3,(H,25,27). The highest BCUT2D eigenvalue weighted by atomic mass is 16.5. The summed E-state index contributed by atoms with van der Waals surface area (Å²) in [6, 6.07) is 15.0. The zero-order valence-electron chi connectivity index (χ0n) is 17.4. The summed E-state index contributed by atoms with van der Waals surface area (Å²) in [5.41, 5.74) is 3.50. The van der Waals surface area contributed by atoms with Crippen LogP contribution < -0.4 is 5.32 Å². The fraction of sp³-hybridized carbons (Fsp3) is 0.375. The smallest absolute Gasteiger partial charge is 0.306 e. The van der Waals surface area contributed by atoms with Crippen LogP contribution in [0.3, 0.4) is 0 Å². The highest BCUT2D eigenvalue weighted by molar-refractivity contribution is 5.98. The Bertz CT molecular complexity index is 840. The van der Waals surface area contributed by atoms with Crippen LogP contribution in [0.4, 0.5) is 5.69 Å². The van der Waals surface area contributed by atoms with Gasteiger partial charge in [0.2, 0.25) is 0 Å². The summed E-state index contributed by atoms with van der Waals surface area (Å²) < 4.78 is 5.01. The minimum Gasteiger partial charge on any atom is -0.456 e. The summed E-state index contributed by atoms with van der Waals surface area (Å²) in [4.78, 5) is 36.2. The summed E-state index contributed by atoms with van der Waals surface area (Å²) in [5, 5.41) is 2.77. The molecule has 0 atom stereocenters. The Labute approximate surface area is 172 Å². The second kappa shape index (κ2) is 11.1. The van der Waals surface area contributed by atoms with Crippen molar-refractivity contribution in [2.75, 3.05) is 11.9 Å². The van der Waals surface area contributed by atoms with E-state index in [9.17, 15) is 14.4 Å². The maximum absolute atomic E-state index is 12.2. The van der Waals surface area contributed by atoms with Crippen LogP contribution in [0.5, 0.6) is 0 Å². The number of para-hydroxylation sites is 1. The van der Waals surface area contributed by atoms with E-state index in [0.29, 0.717) is 11.3 Å². The molecule has 2 aromatic carbocycles. The van der Waals surface area contributed by atoms with Crippen molar-refractivity contribution in [3.8, 4) is 0 Å². The first-order valence-corrected chi connectivity index (χ1v) is 10.1. The van der Waals surface area contributed by atoms with Gasteiger partial charge in [-0.15, -0.1) is 0 Å². The van der Waals surface area contributed by atoms with Gasteiger partial charge >= 0.3 is 5.97 Å². The van der Waals surface area contributed by atoms with Crippen molar-refractivity contribution >= 4 is 23.3 Å². The number of ether oxygens (including phenoxy) is 1. The molecular formula is C24H29NO4. The number of hydrogen-bond donors (Lipinski definition) is 1. The normalized spacial score (nSPS) is 10.6. The molecule has 0 aliphatic carbocycles. The van der Waals surface area contributed by atoms with Gasteiger partial charge in [0.15, 0.2) is 12.4 Å². The van der Waals surface area contributed by atoms with E-state index in [1.807, 2.05) is 50.2 Å². The number of ketones is 1. The van der Waals surface area contributed by atoms with Crippen molar-refractivity contribution in [3.63, 3.8) is 0 Å². The Hall–Kier alpha value is -2.95. The van der Waals surface area contributed by atoms with E-state index >= 15 is 0 Å². The van der Waals surface area contributed by atoms with E-state index in [-0.39, 0.29) is 31.1 Å². The van der Waals surface area contributed by atoms with Crippen LogP contribution in [-0.2, 0) is 20.7 Å². The van der Waals surface area contributed by atoms with Crippen LogP contribution >= 0.6 is 0 Å². The predicted octanol–water partition coefficient (Wildman–Crippen LogP) is 4.91. The average Bonchev–Trinajstić information content (AvgIpc) is 2.71. The van der Waals surface area contributed by atoms with Gasteiger partial charge in [-0.25, -0.2) is 0 Å². The van der Waals surface area contributed by atoms with Crippen LogP contribution in [-0.4, -0.2) is 24.3 Å². The molecule has 0 aliphatic rings. The number of anilines is 1. The lowest BCUT2D eigenvalue weighted by Gasteiger charge is -2.13. The number of aryl methyl sites for hydroxylation is 1. The monoisotopic (exact) mass is 395 g/mol. The first-order chi connectivity index (χ1) is 13.9. The first kappa shape index (κ1) is 22.3. The van der Waals surface area contributed by atoms with Gasteiger partial charge in [0.05, 0.1) is 6.42 Å². The van der Waals surface area contributed by atoms with Crippen LogP contribution in [0.25, 0.3) is 0 Å². The molecule has 0 fully saturated rings. The van der Waals surface area contributed by atoms with E-state index in [1.165, 1.54) is 5.56 Å². The van der Waals surface area contributed by atoms with E-state index < -0.39 is 11.9 Å². The average molecular weight is 395 g/mol. The molecule has 0 aromatic heterocycles. The van der Waals surface area contributed by atoms with Crippen molar-refractivity contribution < 1.29 is 19.1 Å². The van der Waals surface area contributed by atoms with Gasteiger partial charge in [0.25, 0.3) is 5.91 Å². The number of nitrogens with one attached hydrogen (secondary N) is 1. The number of amides is 1. The molecule has 0 aliphatic heterocycles. The minimum absolute atomic E-state index is 0.0502. The van der Waals surface area contributed by atoms with Crippen molar-refractivity contribution in [1.29, 1.82) is 0 Å². The van der Waals surface area contributed by atoms with Crippen LogP contribution in [0.2, 0.25) is 0 Å². The summed E-state index contributed by atoms with van der Waals surface area (Å²) in [7, 11) is 0.